The lowest BCUT2D eigenvalue weighted by Gasteiger charge is -2.38. The first-order chi connectivity index (χ1) is 22.1. The molecule has 14 heteroatoms. The fraction of sp³-hybridized carbons (Fsp3) is 0.344. The predicted molar refractivity (Wildman–Crippen MR) is 175 cm³/mol. The highest BCUT2D eigenvalue weighted by Crippen LogP contribution is 2.32. The van der Waals surface area contributed by atoms with Crippen LogP contribution in [0.1, 0.15) is 36.5 Å². The third-order valence-electron chi connectivity index (χ3n) is 8.72. The SMILES string of the molecule is CNc1cc(N[C@@H]2CCN(c3ncc(C#N)c(Nc4ccc5c(c4)CC(=O)N5C)n3)C[C@H]2C)ccc1C(=N)N1CCC(=O)NC1=O. The highest BCUT2D eigenvalue weighted by atomic mass is 16.2. The maximum Gasteiger partial charge on any atom is 0.329 e. The van der Waals surface area contributed by atoms with Crippen molar-refractivity contribution in [1.29, 1.82) is 10.7 Å². The van der Waals surface area contributed by atoms with Gasteiger partial charge in [-0.2, -0.15) is 10.2 Å². The van der Waals surface area contributed by atoms with Crippen LogP contribution in [0.2, 0.25) is 0 Å². The van der Waals surface area contributed by atoms with Gasteiger partial charge in [-0.15, -0.1) is 0 Å². The van der Waals surface area contributed by atoms with Crippen molar-refractivity contribution in [2.24, 2.45) is 5.92 Å². The van der Waals surface area contributed by atoms with Gasteiger partial charge < -0.3 is 25.8 Å². The molecule has 4 amide bonds. The molecule has 46 heavy (non-hydrogen) atoms. The van der Waals surface area contributed by atoms with Crippen LogP contribution in [0.3, 0.4) is 0 Å². The summed E-state index contributed by atoms with van der Waals surface area (Å²) in [7, 11) is 3.53. The number of rotatable bonds is 7. The molecule has 5 N–H and O–H groups in total. The number of nitrogens with zero attached hydrogens (tertiary/aromatic N) is 6. The lowest BCUT2D eigenvalue weighted by atomic mass is 9.93. The van der Waals surface area contributed by atoms with Crippen LogP contribution >= 0.6 is 0 Å². The Morgan fingerprint density at radius 1 is 1.13 bits per heavy atom. The van der Waals surface area contributed by atoms with Crippen LogP contribution in [0, 0.1) is 22.7 Å². The van der Waals surface area contributed by atoms with Crippen molar-refractivity contribution >= 4 is 58.2 Å². The van der Waals surface area contributed by atoms with Gasteiger partial charge in [0, 0.05) is 74.5 Å². The van der Waals surface area contributed by atoms with Crippen LogP contribution < -0.4 is 31.1 Å². The molecule has 6 rings (SSSR count). The number of amidine groups is 1. The van der Waals surface area contributed by atoms with Gasteiger partial charge in [-0.3, -0.25) is 25.2 Å². The average Bonchev–Trinajstić information content (AvgIpc) is 3.33. The molecule has 3 aromatic rings. The van der Waals surface area contributed by atoms with Crippen molar-refractivity contribution in [2.75, 3.05) is 59.5 Å². The van der Waals surface area contributed by atoms with Gasteiger partial charge in [-0.25, -0.2) is 9.78 Å². The molecule has 236 valence electrons. The Kier molecular flexibility index (Phi) is 8.14. The molecule has 2 atom stereocenters. The summed E-state index contributed by atoms with van der Waals surface area (Å²) in [5.74, 6) is 0.903. The summed E-state index contributed by atoms with van der Waals surface area (Å²) in [6.45, 7) is 3.72. The molecule has 0 spiro atoms. The second-order valence-corrected chi connectivity index (χ2v) is 11.7. The molecule has 2 saturated heterocycles. The number of piperidine rings is 1. The van der Waals surface area contributed by atoms with Crippen molar-refractivity contribution < 1.29 is 14.4 Å². The van der Waals surface area contributed by atoms with Crippen molar-refractivity contribution in [1.82, 2.24) is 20.2 Å². The van der Waals surface area contributed by atoms with Crippen LogP contribution in [0.5, 0.6) is 0 Å². The van der Waals surface area contributed by atoms with Gasteiger partial charge in [0.15, 0.2) is 5.82 Å². The number of nitrogens with one attached hydrogen (secondary N) is 5. The first kappa shape index (κ1) is 30.3. The monoisotopic (exact) mass is 621 g/mol. The number of urea groups is 1. The first-order valence-corrected chi connectivity index (χ1v) is 15.1. The molecule has 3 aliphatic rings. The van der Waals surface area contributed by atoms with Crippen molar-refractivity contribution in [3.05, 3.63) is 59.3 Å². The van der Waals surface area contributed by atoms with E-state index < -0.39 is 6.03 Å². The third kappa shape index (κ3) is 5.86. The Hall–Kier alpha value is -5.71. The molecule has 3 aliphatic heterocycles. The van der Waals surface area contributed by atoms with E-state index in [2.05, 4.69) is 44.1 Å². The molecule has 14 nitrogen and oxygen atoms in total. The van der Waals surface area contributed by atoms with E-state index in [4.69, 9.17) is 10.4 Å². The largest absolute Gasteiger partial charge is 0.387 e. The molecule has 0 bridgehead atoms. The summed E-state index contributed by atoms with van der Waals surface area (Å²) in [6.07, 6.45) is 2.84. The van der Waals surface area contributed by atoms with Crippen LogP contribution in [0.15, 0.2) is 42.6 Å². The van der Waals surface area contributed by atoms with Crippen LogP contribution in [-0.4, -0.2) is 78.3 Å². The highest BCUT2D eigenvalue weighted by molar-refractivity contribution is 6.13. The number of anilines is 6. The Morgan fingerprint density at radius 3 is 2.67 bits per heavy atom. The normalized spacial score (nSPS) is 19.3. The van der Waals surface area contributed by atoms with E-state index in [0.29, 0.717) is 48.1 Å². The van der Waals surface area contributed by atoms with E-state index >= 15 is 0 Å². The number of carbonyl (C=O) groups is 3. The van der Waals surface area contributed by atoms with Gasteiger partial charge >= 0.3 is 6.03 Å². The number of hydrogen-bond donors (Lipinski definition) is 5. The quantitative estimate of drug-likeness (QED) is 0.194. The number of fused-ring (bicyclic) bond motifs is 1. The Morgan fingerprint density at radius 2 is 1.93 bits per heavy atom. The van der Waals surface area contributed by atoms with Gasteiger partial charge in [0.25, 0.3) is 0 Å². The number of nitriles is 1. The molecule has 4 heterocycles. The third-order valence-corrected chi connectivity index (χ3v) is 8.72. The number of benzene rings is 2. The van der Waals surface area contributed by atoms with Crippen LogP contribution in [-0.2, 0) is 16.0 Å². The predicted octanol–water partition coefficient (Wildman–Crippen LogP) is 3.25. The van der Waals surface area contributed by atoms with E-state index in [1.807, 2.05) is 30.3 Å². The number of imide groups is 1. The minimum Gasteiger partial charge on any atom is -0.387 e. The summed E-state index contributed by atoms with van der Waals surface area (Å²) >= 11 is 0. The van der Waals surface area contributed by atoms with Gasteiger partial charge in [0.05, 0.1) is 12.6 Å². The molecular weight excluding hydrogens is 586 g/mol. The fourth-order valence-electron chi connectivity index (χ4n) is 6.11. The fourth-order valence-corrected chi connectivity index (χ4v) is 6.11. The topological polar surface area (TPSA) is 182 Å². The Bertz CT molecular complexity index is 1790. The zero-order valence-electron chi connectivity index (χ0n) is 25.8. The van der Waals surface area contributed by atoms with Crippen molar-refractivity contribution in [3.8, 4) is 6.07 Å². The van der Waals surface area contributed by atoms with E-state index in [1.165, 1.54) is 11.1 Å². The maximum absolute atomic E-state index is 12.3. The number of carbonyl (C=O) groups excluding carboxylic acids is 3. The Labute approximate surface area is 266 Å². The lowest BCUT2D eigenvalue weighted by molar-refractivity contribution is -0.121. The highest BCUT2D eigenvalue weighted by Gasteiger charge is 2.30. The van der Waals surface area contributed by atoms with Crippen molar-refractivity contribution in [2.45, 2.75) is 32.2 Å². The standard InChI is InChI=1S/C32H35N11O3/c1-18-17-42(31-36-16-20(15-33)30(40-31)38-21-5-7-26-19(12-21)13-28(45)41(26)3)10-8-24(18)37-22-4-6-23(25(14-22)35-2)29(34)43-11-9-27(44)39-32(43)46/h4-7,12,14,16,18,24,34-35,37H,8-11,13,17H2,1-3H3,(H,36,38,40)(H,39,44,46)/t18-,24-/m1/s1. The van der Waals surface area contributed by atoms with Gasteiger partial charge in [0.2, 0.25) is 17.8 Å². The molecule has 0 aliphatic carbocycles. The summed E-state index contributed by atoms with van der Waals surface area (Å²) in [5.41, 5.74) is 5.02. The van der Waals surface area contributed by atoms with E-state index in [9.17, 15) is 19.6 Å². The lowest BCUT2D eigenvalue weighted by Crippen LogP contribution is -2.52. The van der Waals surface area contributed by atoms with Crippen LogP contribution in [0.25, 0.3) is 0 Å². The average molecular weight is 622 g/mol. The van der Waals surface area contributed by atoms with E-state index in [0.717, 1.165) is 29.0 Å². The zero-order valence-corrected chi connectivity index (χ0v) is 25.8. The summed E-state index contributed by atoms with van der Waals surface area (Å²) in [5, 5.41) is 30.6. The molecule has 2 aromatic carbocycles. The number of amides is 4. The van der Waals surface area contributed by atoms with E-state index in [1.54, 1.807) is 25.1 Å². The molecule has 0 radical (unpaired) electrons. The minimum atomic E-state index is -0.589. The maximum atomic E-state index is 12.3. The van der Waals surface area contributed by atoms with Gasteiger partial charge in [-0.1, -0.05) is 6.92 Å². The zero-order chi connectivity index (χ0) is 32.5. The summed E-state index contributed by atoms with van der Waals surface area (Å²) in [6, 6.07) is 13.0. The minimum absolute atomic E-state index is 0.0257. The second-order valence-electron chi connectivity index (χ2n) is 11.7. The van der Waals surface area contributed by atoms with Crippen LogP contribution in [0.4, 0.5) is 39.3 Å². The van der Waals surface area contributed by atoms with Gasteiger partial charge in [-0.05, 0) is 54.3 Å². The number of aromatic nitrogens is 2. The molecular formula is C32H35N11O3. The molecule has 2 fully saturated rings. The molecule has 0 unspecified atom stereocenters. The summed E-state index contributed by atoms with van der Waals surface area (Å²) < 4.78 is 0. The molecule has 1 aromatic heterocycles. The smallest absolute Gasteiger partial charge is 0.329 e. The second kappa shape index (κ2) is 12.4. The first-order valence-electron chi connectivity index (χ1n) is 15.1. The van der Waals surface area contributed by atoms with Gasteiger partial charge in [0.1, 0.15) is 17.5 Å². The number of hydrogen-bond acceptors (Lipinski definition) is 11. The summed E-state index contributed by atoms with van der Waals surface area (Å²) in [4.78, 5) is 50.2. The van der Waals surface area contributed by atoms with E-state index in [-0.39, 0.29) is 42.6 Å². The Balaban J connectivity index is 1.12. The van der Waals surface area contributed by atoms with Crippen molar-refractivity contribution in [3.63, 3.8) is 0 Å². The molecule has 0 saturated carbocycles. The number of likely N-dealkylation sites (N-methyl/N-ethyl adjacent to an activating group) is 1.